The van der Waals surface area contributed by atoms with Crippen LogP contribution in [0.1, 0.15) is 12.0 Å². The minimum Gasteiger partial charge on any atom is -0.502 e. The summed E-state index contributed by atoms with van der Waals surface area (Å²) in [6.07, 6.45) is 0.715. The molecule has 0 heterocycles. The molecule has 0 aliphatic heterocycles. The van der Waals surface area contributed by atoms with Crippen LogP contribution in [0.25, 0.3) is 0 Å². The van der Waals surface area contributed by atoms with Gasteiger partial charge in [-0.05, 0) is 30.7 Å². The van der Waals surface area contributed by atoms with Crippen LogP contribution in [0.15, 0.2) is 12.1 Å². The van der Waals surface area contributed by atoms with Gasteiger partial charge in [-0.1, -0.05) is 0 Å². The molecule has 0 amide bonds. The Morgan fingerprint density at radius 2 is 1.76 bits per heavy atom. The molecular weight excluding hydrogens is 222 g/mol. The smallest absolute Gasteiger partial charge is 0.200 e. The fraction of sp³-hybridized carbons (Fsp3) is 0.500. The lowest BCUT2D eigenvalue weighted by Crippen LogP contribution is -2.15. The Bertz CT molecular complexity index is 329. The molecule has 0 unspecified atom stereocenters. The number of phenols is 1. The van der Waals surface area contributed by atoms with E-state index in [1.165, 1.54) is 14.2 Å². The molecule has 0 spiro atoms. The highest BCUT2D eigenvalue weighted by atomic mass is 16.5. The van der Waals surface area contributed by atoms with Crippen LogP contribution < -0.4 is 14.8 Å². The molecule has 0 radical (unpaired) electrons. The standard InChI is InChI=1S/C12H19NO4/c1-16-10-6-9(8-13-4-3-5-14)7-11(17-2)12(10)15/h6-7,13-15H,3-5,8H2,1-2H3. The summed E-state index contributed by atoms with van der Waals surface area (Å²) in [6, 6.07) is 3.51. The molecule has 5 heteroatoms. The van der Waals surface area contributed by atoms with Gasteiger partial charge in [0.1, 0.15) is 0 Å². The molecule has 3 N–H and O–H groups in total. The van der Waals surface area contributed by atoms with E-state index in [-0.39, 0.29) is 12.4 Å². The van der Waals surface area contributed by atoms with Gasteiger partial charge < -0.3 is 25.0 Å². The first-order valence-electron chi connectivity index (χ1n) is 5.48. The summed E-state index contributed by atoms with van der Waals surface area (Å²) in [7, 11) is 2.99. The van der Waals surface area contributed by atoms with E-state index in [2.05, 4.69) is 5.32 Å². The van der Waals surface area contributed by atoms with Crippen LogP contribution in [0, 0.1) is 0 Å². The molecule has 0 atom stereocenters. The van der Waals surface area contributed by atoms with Gasteiger partial charge in [0, 0.05) is 13.2 Å². The maximum absolute atomic E-state index is 9.72. The molecule has 0 fully saturated rings. The summed E-state index contributed by atoms with van der Waals surface area (Å²) < 4.78 is 10.1. The van der Waals surface area contributed by atoms with Crippen molar-refractivity contribution in [3.63, 3.8) is 0 Å². The lowest BCUT2D eigenvalue weighted by Gasteiger charge is -2.11. The van der Waals surface area contributed by atoms with Gasteiger partial charge in [-0.15, -0.1) is 0 Å². The molecule has 0 aliphatic carbocycles. The van der Waals surface area contributed by atoms with Crippen LogP contribution in [-0.2, 0) is 6.54 Å². The molecule has 96 valence electrons. The van der Waals surface area contributed by atoms with Gasteiger partial charge in [-0.2, -0.15) is 0 Å². The first-order chi connectivity index (χ1) is 8.22. The molecule has 0 bridgehead atoms. The van der Waals surface area contributed by atoms with Gasteiger partial charge in [0.15, 0.2) is 11.5 Å². The number of aliphatic hydroxyl groups excluding tert-OH is 1. The second-order valence-electron chi connectivity index (χ2n) is 3.60. The zero-order chi connectivity index (χ0) is 12.7. The molecule has 0 aliphatic rings. The fourth-order valence-corrected chi connectivity index (χ4v) is 1.49. The van der Waals surface area contributed by atoms with Crippen molar-refractivity contribution in [2.45, 2.75) is 13.0 Å². The molecule has 0 saturated carbocycles. The Hall–Kier alpha value is -1.46. The number of benzene rings is 1. The highest BCUT2D eigenvalue weighted by Crippen LogP contribution is 2.36. The fourth-order valence-electron chi connectivity index (χ4n) is 1.49. The molecule has 17 heavy (non-hydrogen) atoms. The zero-order valence-corrected chi connectivity index (χ0v) is 10.2. The van der Waals surface area contributed by atoms with Crippen molar-refractivity contribution in [1.29, 1.82) is 0 Å². The van der Waals surface area contributed by atoms with Crippen molar-refractivity contribution < 1.29 is 19.7 Å². The van der Waals surface area contributed by atoms with Gasteiger partial charge in [0.25, 0.3) is 0 Å². The van der Waals surface area contributed by atoms with Gasteiger partial charge >= 0.3 is 0 Å². The summed E-state index contributed by atoms with van der Waals surface area (Å²) in [5, 5.41) is 21.5. The quantitative estimate of drug-likeness (QED) is 0.618. The monoisotopic (exact) mass is 241 g/mol. The molecule has 1 aromatic carbocycles. The van der Waals surface area contributed by atoms with E-state index in [1.807, 2.05) is 0 Å². The largest absolute Gasteiger partial charge is 0.502 e. The molecule has 1 aromatic rings. The number of hydrogen-bond donors (Lipinski definition) is 3. The Balaban J connectivity index is 2.71. The summed E-state index contributed by atoms with van der Waals surface area (Å²) in [6.45, 7) is 1.55. The summed E-state index contributed by atoms with van der Waals surface area (Å²) in [4.78, 5) is 0. The Morgan fingerprint density at radius 3 is 2.24 bits per heavy atom. The SMILES string of the molecule is COc1cc(CNCCCO)cc(OC)c1O. The van der Waals surface area contributed by atoms with E-state index in [9.17, 15) is 5.11 Å². The molecule has 1 rings (SSSR count). The van der Waals surface area contributed by atoms with Crippen molar-refractivity contribution in [2.24, 2.45) is 0 Å². The summed E-state index contributed by atoms with van der Waals surface area (Å²) in [5.74, 6) is 0.792. The Labute approximate surface area is 101 Å². The van der Waals surface area contributed by atoms with Crippen LogP contribution in [0.5, 0.6) is 17.2 Å². The molecular formula is C12H19NO4. The number of hydrogen-bond acceptors (Lipinski definition) is 5. The average Bonchev–Trinajstić information content (AvgIpc) is 2.36. The van der Waals surface area contributed by atoms with Crippen LogP contribution in [0.3, 0.4) is 0 Å². The zero-order valence-electron chi connectivity index (χ0n) is 10.2. The van der Waals surface area contributed by atoms with Crippen LogP contribution in [0.2, 0.25) is 0 Å². The molecule has 0 aromatic heterocycles. The number of phenolic OH excluding ortho intramolecular Hbond substituents is 1. The van der Waals surface area contributed by atoms with Crippen LogP contribution >= 0.6 is 0 Å². The lowest BCUT2D eigenvalue weighted by atomic mass is 10.2. The first kappa shape index (κ1) is 13.6. The van der Waals surface area contributed by atoms with E-state index < -0.39 is 0 Å². The van der Waals surface area contributed by atoms with Crippen molar-refractivity contribution >= 4 is 0 Å². The van der Waals surface area contributed by atoms with Gasteiger partial charge in [0.05, 0.1) is 14.2 Å². The number of rotatable bonds is 7. The Morgan fingerprint density at radius 1 is 1.18 bits per heavy atom. The average molecular weight is 241 g/mol. The van der Waals surface area contributed by atoms with Crippen molar-refractivity contribution in [3.8, 4) is 17.2 Å². The number of nitrogens with one attached hydrogen (secondary N) is 1. The number of aromatic hydroxyl groups is 1. The third kappa shape index (κ3) is 3.80. The van der Waals surface area contributed by atoms with E-state index in [0.29, 0.717) is 24.5 Å². The third-order valence-electron chi connectivity index (χ3n) is 2.38. The highest BCUT2D eigenvalue weighted by Gasteiger charge is 2.10. The second-order valence-corrected chi connectivity index (χ2v) is 3.60. The van der Waals surface area contributed by atoms with Gasteiger partial charge in [-0.25, -0.2) is 0 Å². The maximum atomic E-state index is 9.72. The van der Waals surface area contributed by atoms with Crippen LogP contribution in [-0.4, -0.2) is 37.6 Å². The lowest BCUT2D eigenvalue weighted by molar-refractivity contribution is 0.286. The first-order valence-corrected chi connectivity index (χ1v) is 5.48. The highest BCUT2D eigenvalue weighted by molar-refractivity contribution is 5.52. The van der Waals surface area contributed by atoms with Crippen molar-refractivity contribution in [2.75, 3.05) is 27.4 Å². The topological polar surface area (TPSA) is 71.0 Å². The van der Waals surface area contributed by atoms with Gasteiger partial charge in [0.2, 0.25) is 5.75 Å². The van der Waals surface area contributed by atoms with Crippen molar-refractivity contribution in [1.82, 2.24) is 5.32 Å². The number of aliphatic hydroxyl groups is 1. The number of ether oxygens (including phenoxy) is 2. The Kier molecular flexibility index (Phi) is 5.59. The molecule has 5 nitrogen and oxygen atoms in total. The molecule has 0 saturated heterocycles. The predicted molar refractivity (Wildman–Crippen MR) is 64.6 cm³/mol. The van der Waals surface area contributed by atoms with Crippen molar-refractivity contribution in [3.05, 3.63) is 17.7 Å². The van der Waals surface area contributed by atoms with E-state index >= 15 is 0 Å². The van der Waals surface area contributed by atoms with E-state index in [4.69, 9.17) is 14.6 Å². The summed E-state index contributed by atoms with van der Waals surface area (Å²) in [5.41, 5.74) is 0.953. The third-order valence-corrected chi connectivity index (χ3v) is 2.38. The number of methoxy groups -OCH3 is 2. The minimum atomic E-state index is 0.00843. The maximum Gasteiger partial charge on any atom is 0.200 e. The van der Waals surface area contributed by atoms with Gasteiger partial charge in [-0.3, -0.25) is 0 Å². The predicted octanol–water partition coefficient (Wildman–Crippen LogP) is 0.881. The van der Waals surface area contributed by atoms with Crippen LogP contribution in [0.4, 0.5) is 0 Å². The second kappa shape index (κ2) is 6.98. The van der Waals surface area contributed by atoms with E-state index in [0.717, 1.165) is 12.1 Å². The minimum absolute atomic E-state index is 0.00843. The summed E-state index contributed by atoms with van der Waals surface area (Å²) >= 11 is 0. The van der Waals surface area contributed by atoms with E-state index in [1.54, 1.807) is 12.1 Å². The normalized spacial score (nSPS) is 10.3.